The van der Waals surface area contributed by atoms with Gasteiger partial charge in [-0.1, -0.05) is 91.0 Å². The predicted molar refractivity (Wildman–Crippen MR) is 124 cm³/mol. The Bertz CT molecular complexity index is 1060. The molecule has 0 unspecified atom stereocenters. The van der Waals surface area contributed by atoms with Crippen LogP contribution >= 0.6 is 0 Å². The third kappa shape index (κ3) is 5.76. The molecule has 0 aliphatic heterocycles. The fraction of sp³-hybridized carbons (Fsp3) is 0.107. The molecule has 4 aromatic carbocycles. The molecule has 4 heteroatoms. The third-order valence-corrected chi connectivity index (χ3v) is 4.84. The number of hydrogen-bond donors (Lipinski definition) is 0. The summed E-state index contributed by atoms with van der Waals surface area (Å²) in [5.74, 6) is 1.34. The Morgan fingerprint density at radius 3 is 1.28 bits per heavy atom. The minimum atomic E-state index is 0.336. The van der Waals surface area contributed by atoms with Crippen LogP contribution in [0.3, 0.4) is 0 Å². The molecule has 1 radical (unpaired) electrons. The Balaban J connectivity index is 1.62. The molecule has 0 amide bonds. The van der Waals surface area contributed by atoms with Gasteiger partial charge in [-0.2, -0.15) is 0 Å². The summed E-state index contributed by atoms with van der Waals surface area (Å²) in [4.78, 5) is 11.5. The van der Waals surface area contributed by atoms with Gasteiger partial charge in [-0.15, -0.1) is 0 Å². The molecular formula is C28H23O4. The summed E-state index contributed by atoms with van der Waals surface area (Å²) < 4.78 is 18.3. The number of benzene rings is 4. The van der Waals surface area contributed by atoms with Crippen molar-refractivity contribution in [2.75, 3.05) is 0 Å². The highest BCUT2D eigenvalue weighted by Crippen LogP contribution is 2.40. The number of rotatable bonds is 10. The van der Waals surface area contributed by atoms with E-state index in [9.17, 15) is 4.79 Å². The lowest BCUT2D eigenvalue weighted by atomic mass is 10.2. The van der Waals surface area contributed by atoms with Crippen LogP contribution in [0.1, 0.15) is 22.3 Å². The summed E-state index contributed by atoms with van der Waals surface area (Å²) >= 11 is 0. The molecule has 0 spiro atoms. The second kappa shape index (κ2) is 10.8. The van der Waals surface area contributed by atoms with E-state index in [1.807, 2.05) is 97.3 Å². The third-order valence-electron chi connectivity index (χ3n) is 4.84. The SMILES string of the molecule is O=[C]c1cc(OCc2ccccc2)c(OCc2ccccc2)c(OCc2ccccc2)c1. The van der Waals surface area contributed by atoms with Crippen molar-refractivity contribution in [3.63, 3.8) is 0 Å². The zero-order valence-electron chi connectivity index (χ0n) is 17.6. The van der Waals surface area contributed by atoms with Crippen LogP contribution in [0, 0.1) is 0 Å². The van der Waals surface area contributed by atoms with Gasteiger partial charge in [0.1, 0.15) is 19.8 Å². The van der Waals surface area contributed by atoms with Crippen LogP contribution in [-0.4, -0.2) is 6.29 Å². The Kier molecular flexibility index (Phi) is 7.17. The second-order valence-corrected chi connectivity index (χ2v) is 7.23. The lowest BCUT2D eigenvalue weighted by Gasteiger charge is -2.18. The quantitative estimate of drug-likeness (QED) is 0.319. The zero-order chi connectivity index (χ0) is 22.0. The summed E-state index contributed by atoms with van der Waals surface area (Å²) in [6, 6.07) is 32.8. The highest BCUT2D eigenvalue weighted by molar-refractivity contribution is 5.78. The van der Waals surface area contributed by atoms with E-state index in [1.54, 1.807) is 12.1 Å². The molecule has 0 bridgehead atoms. The molecule has 0 heterocycles. The van der Waals surface area contributed by atoms with Crippen LogP contribution in [0.5, 0.6) is 17.2 Å². The molecule has 0 atom stereocenters. The normalized spacial score (nSPS) is 10.4. The average Bonchev–Trinajstić information content (AvgIpc) is 2.87. The first kappa shape index (κ1) is 21.2. The second-order valence-electron chi connectivity index (χ2n) is 7.23. The maximum atomic E-state index is 11.5. The van der Waals surface area contributed by atoms with Gasteiger partial charge < -0.3 is 14.2 Å². The molecule has 0 N–H and O–H groups in total. The summed E-state index contributed by atoms with van der Waals surface area (Å²) in [6.07, 6.45) is 1.94. The Morgan fingerprint density at radius 1 is 0.531 bits per heavy atom. The van der Waals surface area contributed by atoms with Gasteiger partial charge in [0.05, 0.1) is 0 Å². The molecule has 32 heavy (non-hydrogen) atoms. The van der Waals surface area contributed by atoms with E-state index in [2.05, 4.69) is 0 Å². The molecular weight excluding hydrogens is 400 g/mol. The van der Waals surface area contributed by atoms with Crippen molar-refractivity contribution in [2.45, 2.75) is 19.8 Å². The van der Waals surface area contributed by atoms with Crippen molar-refractivity contribution in [2.24, 2.45) is 0 Å². The van der Waals surface area contributed by atoms with E-state index < -0.39 is 0 Å². The van der Waals surface area contributed by atoms with Crippen LogP contribution in [0.25, 0.3) is 0 Å². The van der Waals surface area contributed by atoms with E-state index in [0.717, 1.165) is 16.7 Å². The van der Waals surface area contributed by atoms with Crippen molar-refractivity contribution in [3.8, 4) is 17.2 Å². The van der Waals surface area contributed by atoms with Gasteiger partial charge in [-0.05, 0) is 28.8 Å². The molecule has 4 rings (SSSR count). The number of hydrogen-bond acceptors (Lipinski definition) is 4. The van der Waals surface area contributed by atoms with E-state index in [0.29, 0.717) is 42.6 Å². The molecule has 4 nitrogen and oxygen atoms in total. The van der Waals surface area contributed by atoms with Crippen LogP contribution in [0.2, 0.25) is 0 Å². The van der Waals surface area contributed by atoms with E-state index in [4.69, 9.17) is 14.2 Å². The van der Waals surface area contributed by atoms with E-state index in [1.165, 1.54) is 0 Å². The van der Waals surface area contributed by atoms with Gasteiger partial charge >= 0.3 is 0 Å². The molecule has 0 fully saturated rings. The first-order valence-electron chi connectivity index (χ1n) is 10.4. The van der Waals surface area contributed by atoms with Gasteiger partial charge in [0.15, 0.2) is 11.5 Å². The Morgan fingerprint density at radius 2 is 0.906 bits per heavy atom. The maximum Gasteiger partial charge on any atom is 0.233 e. The van der Waals surface area contributed by atoms with Crippen LogP contribution in [0.4, 0.5) is 0 Å². The summed E-state index contributed by atoms with van der Waals surface area (Å²) in [5.41, 5.74) is 3.37. The van der Waals surface area contributed by atoms with Crippen LogP contribution in [-0.2, 0) is 24.6 Å². The molecule has 159 valence electrons. The number of ether oxygens (including phenoxy) is 3. The first-order chi connectivity index (χ1) is 15.8. The van der Waals surface area contributed by atoms with Crippen molar-refractivity contribution >= 4 is 6.29 Å². The van der Waals surface area contributed by atoms with Crippen LogP contribution < -0.4 is 14.2 Å². The van der Waals surface area contributed by atoms with E-state index in [-0.39, 0.29) is 0 Å². The highest BCUT2D eigenvalue weighted by atomic mass is 16.5. The molecule has 0 saturated carbocycles. The van der Waals surface area contributed by atoms with Gasteiger partial charge in [0.25, 0.3) is 0 Å². The molecule has 0 saturated heterocycles. The minimum Gasteiger partial charge on any atom is -0.485 e. The summed E-state index contributed by atoms with van der Waals surface area (Å²) in [7, 11) is 0. The summed E-state index contributed by atoms with van der Waals surface area (Å²) in [6.45, 7) is 1.01. The topological polar surface area (TPSA) is 44.8 Å². The van der Waals surface area contributed by atoms with E-state index >= 15 is 0 Å². The summed E-state index contributed by atoms with van der Waals surface area (Å²) in [5, 5.41) is 0. The first-order valence-corrected chi connectivity index (χ1v) is 10.4. The Hall–Kier alpha value is -4.05. The smallest absolute Gasteiger partial charge is 0.233 e. The van der Waals surface area contributed by atoms with Gasteiger partial charge in [-0.25, -0.2) is 0 Å². The monoisotopic (exact) mass is 423 g/mol. The van der Waals surface area contributed by atoms with Crippen LogP contribution in [0.15, 0.2) is 103 Å². The average molecular weight is 423 g/mol. The van der Waals surface area contributed by atoms with Gasteiger partial charge in [0.2, 0.25) is 12.0 Å². The maximum absolute atomic E-state index is 11.5. The molecule has 0 aliphatic rings. The van der Waals surface area contributed by atoms with Crippen molar-refractivity contribution < 1.29 is 19.0 Å². The minimum absolute atomic E-state index is 0.336. The molecule has 0 aromatic heterocycles. The highest BCUT2D eigenvalue weighted by Gasteiger charge is 2.17. The molecule has 4 aromatic rings. The lowest BCUT2D eigenvalue weighted by molar-refractivity contribution is 0.230. The van der Waals surface area contributed by atoms with Crippen molar-refractivity contribution in [1.29, 1.82) is 0 Å². The number of carbonyl (C=O) groups excluding carboxylic acids is 1. The van der Waals surface area contributed by atoms with Gasteiger partial charge in [-0.3, -0.25) is 4.79 Å². The standard InChI is InChI=1S/C28H23O4/c29-18-25-16-26(30-19-22-10-4-1-5-11-22)28(32-21-24-14-8-3-9-15-24)27(17-25)31-20-23-12-6-2-7-13-23/h1-17H,19-21H2. The molecule has 0 aliphatic carbocycles. The zero-order valence-corrected chi connectivity index (χ0v) is 17.6. The fourth-order valence-corrected chi connectivity index (χ4v) is 3.19. The Labute approximate surface area is 188 Å². The van der Waals surface area contributed by atoms with Crippen molar-refractivity contribution in [1.82, 2.24) is 0 Å². The largest absolute Gasteiger partial charge is 0.485 e. The van der Waals surface area contributed by atoms with Gasteiger partial charge in [0, 0.05) is 5.56 Å². The lowest BCUT2D eigenvalue weighted by Crippen LogP contribution is -2.05. The fourth-order valence-electron chi connectivity index (χ4n) is 3.19. The predicted octanol–water partition coefficient (Wildman–Crippen LogP) is 5.88. The van der Waals surface area contributed by atoms with Crippen molar-refractivity contribution in [3.05, 3.63) is 125 Å².